The molecule has 0 aromatic carbocycles. The molecule has 110 valence electrons. The van der Waals surface area contributed by atoms with Crippen LogP contribution in [-0.2, 0) is 4.79 Å². The maximum Gasteiger partial charge on any atom is 0.142 e. The molecule has 0 bridgehead atoms. The second-order valence-electron chi connectivity index (χ2n) is 5.10. The number of rotatable bonds is 9. The summed E-state index contributed by atoms with van der Waals surface area (Å²) in [6.07, 6.45) is 19.8. The highest BCUT2D eigenvalue weighted by molar-refractivity contribution is 5.65. The van der Waals surface area contributed by atoms with Crippen molar-refractivity contribution in [3.8, 4) is 0 Å². The number of allylic oxidation sites excluding steroid dienone is 10. The van der Waals surface area contributed by atoms with Gasteiger partial charge in [0.15, 0.2) is 0 Å². The molecule has 0 saturated heterocycles. The van der Waals surface area contributed by atoms with Crippen LogP contribution < -0.4 is 0 Å². The fourth-order valence-electron chi connectivity index (χ4n) is 1.79. The summed E-state index contributed by atoms with van der Waals surface area (Å²) in [5.41, 5.74) is 3.56. The van der Waals surface area contributed by atoms with E-state index < -0.39 is 0 Å². The minimum absolute atomic E-state index is 0.795. The summed E-state index contributed by atoms with van der Waals surface area (Å²) in [6.45, 7) is 8.41. The summed E-state index contributed by atoms with van der Waals surface area (Å²) < 4.78 is 0. The van der Waals surface area contributed by atoms with E-state index in [9.17, 15) is 4.79 Å². The zero-order valence-corrected chi connectivity index (χ0v) is 13.4. The zero-order valence-electron chi connectivity index (χ0n) is 13.4. The van der Waals surface area contributed by atoms with Crippen molar-refractivity contribution < 1.29 is 4.79 Å². The van der Waals surface area contributed by atoms with Crippen LogP contribution in [0.2, 0.25) is 0 Å². The Morgan fingerprint density at radius 1 is 0.900 bits per heavy atom. The van der Waals surface area contributed by atoms with Gasteiger partial charge in [-0.3, -0.25) is 4.79 Å². The molecule has 0 atom stereocenters. The molecule has 0 spiro atoms. The van der Waals surface area contributed by atoms with Crippen LogP contribution in [0.3, 0.4) is 0 Å². The lowest BCUT2D eigenvalue weighted by atomic mass is 10.1. The first-order valence-corrected chi connectivity index (χ1v) is 7.42. The quantitative estimate of drug-likeness (QED) is 0.227. The molecule has 0 aliphatic heterocycles. The minimum atomic E-state index is 0.795. The van der Waals surface area contributed by atoms with E-state index in [0.717, 1.165) is 11.9 Å². The second kappa shape index (κ2) is 12.4. The minimum Gasteiger partial charge on any atom is -0.299 e. The third-order valence-electron chi connectivity index (χ3n) is 2.89. The first-order valence-electron chi connectivity index (χ1n) is 7.42. The van der Waals surface area contributed by atoms with E-state index in [-0.39, 0.29) is 0 Å². The molecule has 0 aliphatic carbocycles. The van der Waals surface area contributed by atoms with E-state index in [4.69, 9.17) is 0 Å². The molecule has 0 unspecified atom stereocenters. The lowest BCUT2D eigenvalue weighted by Crippen LogP contribution is -1.75. The maximum absolute atomic E-state index is 10.2. The SMILES string of the molecule is CCCCC/C=C(C)/C=C/C=C(C)/C=C(C)/C=C/C=O. The van der Waals surface area contributed by atoms with Gasteiger partial charge in [0.1, 0.15) is 6.29 Å². The second-order valence-corrected chi connectivity index (χ2v) is 5.10. The number of unbranched alkanes of at least 4 members (excludes halogenated alkanes) is 3. The molecule has 0 heterocycles. The van der Waals surface area contributed by atoms with Crippen molar-refractivity contribution in [2.24, 2.45) is 0 Å². The Bertz CT molecular complexity index is 417. The summed E-state index contributed by atoms with van der Waals surface area (Å²) in [5, 5.41) is 0. The van der Waals surface area contributed by atoms with Crippen LogP contribution in [0.25, 0.3) is 0 Å². The fraction of sp³-hybridized carbons (Fsp3) is 0.421. The number of carbonyl (C=O) groups excluding carboxylic acids is 1. The molecule has 0 N–H and O–H groups in total. The molecule has 0 fully saturated rings. The molecule has 1 heteroatoms. The van der Waals surface area contributed by atoms with Gasteiger partial charge in [-0.15, -0.1) is 0 Å². The molecular formula is C19H28O. The van der Waals surface area contributed by atoms with E-state index >= 15 is 0 Å². The van der Waals surface area contributed by atoms with Gasteiger partial charge in [0.25, 0.3) is 0 Å². The van der Waals surface area contributed by atoms with Crippen LogP contribution in [0.4, 0.5) is 0 Å². The molecule has 0 saturated carbocycles. The number of hydrogen-bond acceptors (Lipinski definition) is 1. The van der Waals surface area contributed by atoms with Gasteiger partial charge >= 0.3 is 0 Å². The maximum atomic E-state index is 10.2. The van der Waals surface area contributed by atoms with Crippen molar-refractivity contribution in [2.45, 2.75) is 53.4 Å². The third-order valence-corrected chi connectivity index (χ3v) is 2.89. The molecule has 1 nitrogen and oxygen atoms in total. The van der Waals surface area contributed by atoms with Gasteiger partial charge in [0.2, 0.25) is 0 Å². The molecule has 0 aliphatic rings. The molecule has 0 aromatic rings. The highest BCUT2D eigenvalue weighted by Gasteiger charge is 1.86. The van der Waals surface area contributed by atoms with Crippen molar-refractivity contribution in [1.82, 2.24) is 0 Å². The van der Waals surface area contributed by atoms with Gasteiger partial charge < -0.3 is 0 Å². The topological polar surface area (TPSA) is 17.1 Å². The van der Waals surface area contributed by atoms with Gasteiger partial charge in [-0.25, -0.2) is 0 Å². The van der Waals surface area contributed by atoms with Crippen LogP contribution in [0.15, 0.2) is 59.3 Å². The van der Waals surface area contributed by atoms with E-state index in [1.807, 2.05) is 13.0 Å². The third kappa shape index (κ3) is 11.5. The van der Waals surface area contributed by atoms with E-state index in [2.05, 4.69) is 51.2 Å². The van der Waals surface area contributed by atoms with Crippen molar-refractivity contribution >= 4 is 6.29 Å². The highest BCUT2D eigenvalue weighted by atomic mass is 16.1. The summed E-state index contributed by atoms with van der Waals surface area (Å²) in [4.78, 5) is 10.2. The van der Waals surface area contributed by atoms with Crippen molar-refractivity contribution in [3.63, 3.8) is 0 Å². The smallest absolute Gasteiger partial charge is 0.142 e. The van der Waals surface area contributed by atoms with Crippen LogP contribution >= 0.6 is 0 Å². The summed E-state index contributed by atoms with van der Waals surface area (Å²) in [5.74, 6) is 0. The molecule has 20 heavy (non-hydrogen) atoms. The first kappa shape index (κ1) is 18.4. The van der Waals surface area contributed by atoms with Crippen molar-refractivity contribution in [1.29, 1.82) is 0 Å². The van der Waals surface area contributed by atoms with Crippen LogP contribution in [0, 0.1) is 0 Å². The average molecular weight is 272 g/mol. The molecule has 0 amide bonds. The summed E-state index contributed by atoms with van der Waals surface area (Å²) >= 11 is 0. The van der Waals surface area contributed by atoms with Crippen LogP contribution in [0.1, 0.15) is 53.4 Å². The van der Waals surface area contributed by atoms with Gasteiger partial charge in [-0.1, -0.05) is 72.9 Å². The van der Waals surface area contributed by atoms with E-state index in [1.165, 1.54) is 42.9 Å². The Kier molecular flexibility index (Phi) is 11.4. The normalized spacial score (nSPS) is 14.5. The highest BCUT2D eigenvalue weighted by Crippen LogP contribution is 2.06. The zero-order chi connectivity index (χ0) is 15.2. The largest absolute Gasteiger partial charge is 0.299 e. The first-order chi connectivity index (χ1) is 9.60. The van der Waals surface area contributed by atoms with E-state index in [0.29, 0.717) is 0 Å². The Morgan fingerprint density at radius 2 is 1.60 bits per heavy atom. The Balaban J connectivity index is 4.35. The monoisotopic (exact) mass is 272 g/mol. The number of aldehydes is 1. The number of hydrogen-bond donors (Lipinski definition) is 0. The van der Waals surface area contributed by atoms with Crippen molar-refractivity contribution in [2.75, 3.05) is 0 Å². The predicted molar refractivity (Wildman–Crippen MR) is 89.8 cm³/mol. The van der Waals surface area contributed by atoms with Crippen LogP contribution in [0.5, 0.6) is 0 Å². The summed E-state index contributed by atoms with van der Waals surface area (Å²) in [6, 6.07) is 0. The van der Waals surface area contributed by atoms with Crippen LogP contribution in [-0.4, -0.2) is 6.29 Å². The van der Waals surface area contributed by atoms with Gasteiger partial charge in [0.05, 0.1) is 0 Å². The number of carbonyl (C=O) groups is 1. The molecular weight excluding hydrogens is 244 g/mol. The Labute approximate surface area is 124 Å². The van der Waals surface area contributed by atoms with Gasteiger partial charge in [-0.05, 0) is 39.7 Å². The molecule has 0 rings (SSSR count). The standard InChI is InChI=1S/C19H28O/c1-5-6-7-8-11-17(2)12-9-13-18(3)16-19(4)14-10-15-20/h9-16H,5-8H2,1-4H3/b12-9+,14-10+,17-11+,18-13+,19-16+. The fourth-order valence-corrected chi connectivity index (χ4v) is 1.79. The van der Waals surface area contributed by atoms with Gasteiger partial charge in [-0.2, -0.15) is 0 Å². The lowest BCUT2D eigenvalue weighted by Gasteiger charge is -1.95. The van der Waals surface area contributed by atoms with E-state index in [1.54, 1.807) is 0 Å². The lowest BCUT2D eigenvalue weighted by molar-refractivity contribution is -0.104. The van der Waals surface area contributed by atoms with Crippen molar-refractivity contribution in [3.05, 3.63) is 59.3 Å². The average Bonchev–Trinajstić information content (AvgIpc) is 2.41. The Hall–Kier alpha value is -1.63. The molecule has 0 radical (unpaired) electrons. The summed E-state index contributed by atoms with van der Waals surface area (Å²) in [7, 11) is 0. The predicted octanol–water partition coefficient (Wildman–Crippen LogP) is 5.72. The Morgan fingerprint density at radius 3 is 2.25 bits per heavy atom. The van der Waals surface area contributed by atoms with Gasteiger partial charge in [0, 0.05) is 0 Å². The molecule has 0 aromatic heterocycles.